The van der Waals surface area contributed by atoms with Gasteiger partial charge in [-0.05, 0) is 37.5 Å². The van der Waals surface area contributed by atoms with Crippen molar-refractivity contribution in [2.24, 2.45) is 11.8 Å². The van der Waals surface area contributed by atoms with Crippen molar-refractivity contribution in [2.45, 2.75) is 19.3 Å². The molecule has 2 atom stereocenters. The summed E-state index contributed by atoms with van der Waals surface area (Å²) in [5.41, 5.74) is 0.950. The monoisotopic (exact) mass is 303 g/mol. The number of amides is 2. The summed E-state index contributed by atoms with van der Waals surface area (Å²) in [6, 6.07) is 4.90. The van der Waals surface area contributed by atoms with Crippen molar-refractivity contribution in [3.8, 4) is 11.8 Å². The van der Waals surface area contributed by atoms with Crippen molar-refractivity contribution >= 4 is 29.1 Å². The molecule has 5 heteroatoms. The van der Waals surface area contributed by atoms with Crippen molar-refractivity contribution in [3.05, 3.63) is 28.8 Å². The van der Waals surface area contributed by atoms with E-state index in [4.69, 9.17) is 16.7 Å². The minimum Gasteiger partial charge on any atom is -0.384 e. The van der Waals surface area contributed by atoms with Gasteiger partial charge in [0.25, 0.3) is 0 Å². The lowest BCUT2D eigenvalue weighted by molar-refractivity contribution is -0.133. The second kappa shape index (κ2) is 5.51. The van der Waals surface area contributed by atoms with E-state index in [1.807, 2.05) is 0 Å². The molecule has 1 aromatic rings. The summed E-state index contributed by atoms with van der Waals surface area (Å²) in [4.78, 5) is 26.2. The van der Waals surface area contributed by atoms with E-state index in [0.717, 1.165) is 12.8 Å². The predicted octanol–water partition coefficient (Wildman–Crippen LogP) is 1.97. The van der Waals surface area contributed by atoms with E-state index >= 15 is 0 Å². The smallest absolute Gasteiger partial charge is 0.236 e. The molecule has 3 rings (SSSR count). The van der Waals surface area contributed by atoms with Crippen LogP contribution in [0.3, 0.4) is 0 Å². The minimum atomic E-state index is -0.283. The Morgan fingerprint density at radius 3 is 2.52 bits per heavy atom. The van der Waals surface area contributed by atoms with Crippen LogP contribution >= 0.6 is 11.6 Å². The maximum absolute atomic E-state index is 12.5. The number of aliphatic hydroxyl groups is 1. The maximum atomic E-state index is 12.5. The Morgan fingerprint density at radius 2 is 1.90 bits per heavy atom. The second-order valence-corrected chi connectivity index (χ2v) is 5.78. The van der Waals surface area contributed by atoms with Gasteiger partial charge < -0.3 is 5.11 Å². The highest BCUT2D eigenvalue weighted by atomic mass is 35.5. The number of aliphatic hydroxyl groups excluding tert-OH is 1. The molecule has 2 amide bonds. The number of nitrogens with zero attached hydrogens (tertiary/aromatic N) is 1. The van der Waals surface area contributed by atoms with Gasteiger partial charge >= 0.3 is 0 Å². The fourth-order valence-electron chi connectivity index (χ4n) is 3.07. The molecule has 0 radical (unpaired) electrons. The first-order valence-electron chi connectivity index (χ1n) is 6.89. The molecule has 2 fully saturated rings. The van der Waals surface area contributed by atoms with E-state index in [2.05, 4.69) is 11.8 Å². The van der Waals surface area contributed by atoms with Crippen molar-refractivity contribution in [1.82, 2.24) is 0 Å². The highest BCUT2D eigenvalue weighted by molar-refractivity contribution is 6.31. The first-order valence-corrected chi connectivity index (χ1v) is 7.26. The van der Waals surface area contributed by atoms with Crippen molar-refractivity contribution < 1.29 is 14.7 Å². The first-order chi connectivity index (χ1) is 10.1. The van der Waals surface area contributed by atoms with Crippen molar-refractivity contribution in [2.75, 3.05) is 11.5 Å². The van der Waals surface area contributed by atoms with Gasteiger partial charge in [-0.1, -0.05) is 23.4 Å². The number of halogens is 1. The van der Waals surface area contributed by atoms with Crippen LogP contribution in [-0.2, 0) is 9.59 Å². The Hall–Kier alpha value is -1.83. The predicted molar refractivity (Wildman–Crippen MR) is 78.7 cm³/mol. The number of piperidine rings is 1. The Kier molecular flexibility index (Phi) is 3.71. The van der Waals surface area contributed by atoms with Crippen LogP contribution in [0.2, 0.25) is 5.02 Å². The Balaban J connectivity index is 2.08. The first kappa shape index (κ1) is 14.1. The van der Waals surface area contributed by atoms with Gasteiger partial charge in [-0.15, -0.1) is 0 Å². The summed E-state index contributed by atoms with van der Waals surface area (Å²) in [5, 5.41) is 9.28. The van der Waals surface area contributed by atoms with E-state index < -0.39 is 0 Å². The molecule has 1 aliphatic carbocycles. The van der Waals surface area contributed by atoms with Crippen LogP contribution in [0.1, 0.15) is 24.8 Å². The molecular weight excluding hydrogens is 290 g/mol. The fourth-order valence-corrected chi connectivity index (χ4v) is 3.24. The maximum Gasteiger partial charge on any atom is 0.236 e. The molecule has 1 heterocycles. The van der Waals surface area contributed by atoms with Crippen LogP contribution in [0, 0.1) is 23.7 Å². The van der Waals surface area contributed by atoms with Crippen molar-refractivity contribution in [3.63, 3.8) is 0 Å². The number of carbonyl (C=O) groups excluding carboxylic acids is 2. The van der Waals surface area contributed by atoms with E-state index in [9.17, 15) is 9.59 Å². The van der Waals surface area contributed by atoms with Crippen LogP contribution in [0.15, 0.2) is 18.2 Å². The van der Waals surface area contributed by atoms with Crippen LogP contribution < -0.4 is 4.90 Å². The number of carbonyl (C=O) groups is 2. The van der Waals surface area contributed by atoms with E-state index in [-0.39, 0.29) is 30.3 Å². The number of fused-ring (bicyclic) bond motifs is 2. The third-order valence-corrected chi connectivity index (χ3v) is 4.31. The second-order valence-electron chi connectivity index (χ2n) is 5.34. The summed E-state index contributed by atoms with van der Waals surface area (Å²) in [6.45, 7) is -0.283. The summed E-state index contributed by atoms with van der Waals surface area (Å²) in [5.74, 6) is 4.83. The van der Waals surface area contributed by atoms with Crippen LogP contribution in [0.5, 0.6) is 0 Å². The molecule has 1 saturated heterocycles. The molecule has 2 bridgehead atoms. The summed E-state index contributed by atoms with van der Waals surface area (Å²) in [7, 11) is 0. The molecule has 1 N–H and O–H groups in total. The third-order valence-electron chi connectivity index (χ3n) is 4.07. The van der Waals surface area contributed by atoms with Crippen molar-refractivity contribution in [1.29, 1.82) is 0 Å². The Labute approximate surface area is 127 Å². The molecule has 21 heavy (non-hydrogen) atoms. The van der Waals surface area contributed by atoms with E-state index in [1.165, 1.54) is 4.90 Å². The van der Waals surface area contributed by atoms with Gasteiger partial charge in [0.1, 0.15) is 6.61 Å². The Morgan fingerprint density at radius 1 is 1.24 bits per heavy atom. The Bertz CT molecular complexity index is 652. The van der Waals surface area contributed by atoms with Gasteiger partial charge in [-0.25, -0.2) is 4.90 Å². The molecule has 2 aliphatic rings. The van der Waals surface area contributed by atoms with Crippen LogP contribution in [0.25, 0.3) is 0 Å². The summed E-state index contributed by atoms with van der Waals surface area (Å²) >= 11 is 6.01. The van der Waals surface area contributed by atoms with Gasteiger partial charge in [0, 0.05) is 22.4 Å². The lowest BCUT2D eigenvalue weighted by Gasteiger charge is -2.30. The molecule has 1 aromatic carbocycles. The largest absolute Gasteiger partial charge is 0.384 e. The molecule has 2 unspecified atom stereocenters. The fraction of sp³-hybridized carbons (Fsp3) is 0.375. The van der Waals surface area contributed by atoms with Gasteiger partial charge in [-0.2, -0.15) is 0 Å². The zero-order valence-electron chi connectivity index (χ0n) is 11.3. The minimum absolute atomic E-state index is 0.0784. The molecule has 4 nitrogen and oxygen atoms in total. The third kappa shape index (κ3) is 2.44. The lowest BCUT2D eigenvalue weighted by atomic mass is 9.95. The van der Waals surface area contributed by atoms with Gasteiger partial charge in [0.2, 0.25) is 11.8 Å². The topological polar surface area (TPSA) is 57.6 Å². The number of rotatable bonds is 1. The molecule has 1 aliphatic heterocycles. The van der Waals surface area contributed by atoms with Crippen LogP contribution in [-0.4, -0.2) is 23.5 Å². The van der Waals surface area contributed by atoms with Crippen LogP contribution in [0.4, 0.5) is 5.69 Å². The normalized spacial score (nSPS) is 24.0. The standard InChI is InChI=1S/C16H14ClNO3/c17-13-6-5-10(2-1-7-19)14(9-13)18-15(20)11-3-4-12(8-11)16(18)21/h5-6,9,11-12,19H,3-4,7-8H2. The SMILES string of the molecule is O=C1C2CCC(C2)C(=O)N1c1cc(Cl)ccc1C#CCO. The van der Waals surface area contributed by atoms with E-state index in [1.54, 1.807) is 18.2 Å². The van der Waals surface area contributed by atoms with E-state index in [0.29, 0.717) is 22.7 Å². The molecule has 0 aromatic heterocycles. The zero-order valence-corrected chi connectivity index (χ0v) is 12.1. The lowest BCUT2D eigenvalue weighted by Crippen LogP contribution is -2.46. The number of anilines is 1. The summed E-state index contributed by atoms with van der Waals surface area (Å²) < 4.78 is 0. The molecule has 108 valence electrons. The summed E-state index contributed by atoms with van der Waals surface area (Å²) in [6.07, 6.45) is 2.19. The average molecular weight is 304 g/mol. The average Bonchev–Trinajstić information content (AvgIpc) is 2.92. The zero-order chi connectivity index (χ0) is 15.0. The highest BCUT2D eigenvalue weighted by Gasteiger charge is 2.46. The quantitative estimate of drug-likeness (QED) is 0.637. The highest BCUT2D eigenvalue weighted by Crippen LogP contribution is 2.41. The van der Waals surface area contributed by atoms with Gasteiger partial charge in [0.05, 0.1) is 5.69 Å². The molecule has 0 spiro atoms. The number of benzene rings is 1. The molecular formula is C16H14ClNO3. The number of hydrogen-bond donors (Lipinski definition) is 1. The number of imide groups is 1. The van der Waals surface area contributed by atoms with Gasteiger partial charge in [0.15, 0.2) is 0 Å². The van der Waals surface area contributed by atoms with Gasteiger partial charge in [-0.3, -0.25) is 9.59 Å². The number of hydrogen-bond acceptors (Lipinski definition) is 3. The molecule has 1 saturated carbocycles.